The number of halogens is 1. The molecule has 1 saturated heterocycles. The number of para-hydroxylation sites is 1. The van der Waals surface area contributed by atoms with Crippen LogP contribution in [0.5, 0.6) is 5.75 Å². The van der Waals surface area contributed by atoms with E-state index in [0.717, 1.165) is 6.26 Å². The number of carbonyl (C=O) groups excluding carboxylic acids is 1. The van der Waals surface area contributed by atoms with Gasteiger partial charge in [-0.1, -0.05) is 35.9 Å². The molecule has 1 unspecified atom stereocenters. The lowest BCUT2D eigenvalue weighted by atomic mass is 9.79. The molecule has 2 aromatic carbocycles. The fraction of sp³-hybridized carbons (Fsp3) is 0.316. The first-order valence-corrected chi connectivity index (χ1v) is 10.3. The first-order chi connectivity index (χ1) is 12.1. The molecule has 0 spiro atoms. The quantitative estimate of drug-likeness (QED) is 0.739. The highest BCUT2D eigenvalue weighted by molar-refractivity contribution is 7.90. The van der Waals surface area contributed by atoms with Crippen LogP contribution in [-0.2, 0) is 25.0 Å². The maximum atomic E-state index is 12.1. The van der Waals surface area contributed by atoms with Crippen molar-refractivity contribution in [3.63, 3.8) is 0 Å². The Hall–Kier alpha value is -2.05. The molecular weight excluding hydrogens is 376 g/mol. The van der Waals surface area contributed by atoms with Crippen molar-refractivity contribution in [2.24, 2.45) is 0 Å². The monoisotopic (exact) mass is 394 g/mol. The lowest BCUT2D eigenvalue weighted by Crippen LogP contribution is -2.48. The summed E-state index contributed by atoms with van der Waals surface area (Å²) in [6, 6.07) is 13.3. The fourth-order valence-electron chi connectivity index (χ4n) is 3.17. The average molecular weight is 395 g/mol. The van der Waals surface area contributed by atoms with E-state index in [2.05, 4.69) is 0 Å². The highest BCUT2D eigenvalue weighted by atomic mass is 35.5. The molecule has 0 amide bonds. The number of rotatable bonds is 4. The van der Waals surface area contributed by atoms with Crippen molar-refractivity contribution >= 4 is 27.4 Å². The Morgan fingerprint density at radius 2 is 1.69 bits per heavy atom. The minimum atomic E-state index is -3.33. The predicted octanol–water partition coefficient (Wildman–Crippen LogP) is 3.74. The number of benzene rings is 2. The Bertz CT molecular complexity index is 950. The third-order valence-electron chi connectivity index (χ3n) is 4.60. The summed E-state index contributed by atoms with van der Waals surface area (Å²) < 4.78 is 35.2. The Balaban J connectivity index is 2.13. The topological polar surface area (TPSA) is 69.7 Å². The number of carbonyl (C=O) groups is 1. The SMILES string of the molecule is CC1(C)OC(=O)CC1(Oc1ccccc1Cl)c1ccc(S(C)(=O)=O)cc1. The average Bonchev–Trinajstić information content (AvgIpc) is 2.78. The van der Waals surface area contributed by atoms with Crippen LogP contribution in [0.15, 0.2) is 53.4 Å². The van der Waals surface area contributed by atoms with Gasteiger partial charge < -0.3 is 9.47 Å². The number of ether oxygens (including phenoxy) is 2. The summed E-state index contributed by atoms with van der Waals surface area (Å²) >= 11 is 6.24. The van der Waals surface area contributed by atoms with Gasteiger partial charge in [0.1, 0.15) is 5.75 Å². The highest BCUT2D eigenvalue weighted by Crippen LogP contribution is 2.48. The Labute approximate surface area is 157 Å². The van der Waals surface area contributed by atoms with Gasteiger partial charge in [0.2, 0.25) is 0 Å². The van der Waals surface area contributed by atoms with E-state index in [9.17, 15) is 13.2 Å². The van der Waals surface area contributed by atoms with Crippen LogP contribution in [0.4, 0.5) is 0 Å². The van der Waals surface area contributed by atoms with Crippen LogP contribution < -0.4 is 4.74 Å². The first kappa shape index (κ1) is 18.7. The highest BCUT2D eigenvalue weighted by Gasteiger charge is 2.59. The van der Waals surface area contributed by atoms with Gasteiger partial charge in [-0.25, -0.2) is 8.42 Å². The zero-order valence-corrected chi connectivity index (χ0v) is 16.2. The summed E-state index contributed by atoms with van der Waals surface area (Å²) in [6.45, 7) is 3.53. The maximum absolute atomic E-state index is 12.1. The van der Waals surface area contributed by atoms with Crippen molar-refractivity contribution in [2.75, 3.05) is 6.26 Å². The molecule has 0 radical (unpaired) electrons. The molecule has 1 heterocycles. The van der Waals surface area contributed by atoms with Crippen molar-refractivity contribution in [1.29, 1.82) is 0 Å². The molecule has 1 aliphatic heterocycles. The van der Waals surface area contributed by atoms with Crippen molar-refractivity contribution in [3.05, 3.63) is 59.1 Å². The van der Waals surface area contributed by atoms with E-state index >= 15 is 0 Å². The van der Waals surface area contributed by atoms with Gasteiger partial charge in [-0.15, -0.1) is 0 Å². The molecule has 138 valence electrons. The van der Waals surface area contributed by atoms with E-state index in [-0.39, 0.29) is 11.3 Å². The van der Waals surface area contributed by atoms with E-state index in [4.69, 9.17) is 21.1 Å². The molecule has 1 aliphatic rings. The van der Waals surface area contributed by atoms with Crippen LogP contribution in [0, 0.1) is 0 Å². The number of sulfone groups is 1. The van der Waals surface area contributed by atoms with E-state index in [1.54, 1.807) is 50.2 Å². The van der Waals surface area contributed by atoms with Gasteiger partial charge in [0, 0.05) is 11.8 Å². The molecule has 0 aliphatic carbocycles. The van der Waals surface area contributed by atoms with Gasteiger partial charge >= 0.3 is 5.97 Å². The van der Waals surface area contributed by atoms with Crippen molar-refractivity contribution in [2.45, 2.75) is 36.4 Å². The standard InChI is InChI=1S/C19H19ClO5S/c1-18(2)19(12-17(21)25-18,24-16-7-5-4-6-15(16)20)13-8-10-14(11-9-13)26(3,22)23/h4-11H,12H2,1-3H3. The number of cyclic esters (lactones) is 1. The van der Waals surface area contributed by atoms with Crippen LogP contribution in [-0.4, -0.2) is 26.2 Å². The van der Waals surface area contributed by atoms with E-state index in [1.165, 1.54) is 12.1 Å². The molecule has 26 heavy (non-hydrogen) atoms. The van der Waals surface area contributed by atoms with Gasteiger partial charge in [-0.05, 0) is 38.1 Å². The Morgan fingerprint density at radius 1 is 1.08 bits per heavy atom. The van der Waals surface area contributed by atoms with Gasteiger partial charge in [0.15, 0.2) is 21.0 Å². The second kappa shape index (κ2) is 6.28. The first-order valence-electron chi connectivity index (χ1n) is 8.01. The molecule has 1 fully saturated rings. The number of hydrogen-bond donors (Lipinski definition) is 0. The normalized spacial score (nSPS) is 22.1. The zero-order valence-electron chi connectivity index (χ0n) is 14.7. The molecule has 7 heteroatoms. The molecule has 0 bridgehead atoms. The number of hydrogen-bond acceptors (Lipinski definition) is 5. The molecule has 1 atom stereocenters. The van der Waals surface area contributed by atoms with E-state index in [1.807, 2.05) is 0 Å². The van der Waals surface area contributed by atoms with Crippen LogP contribution in [0.3, 0.4) is 0 Å². The minimum absolute atomic E-state index is 0.0105. The van der Waals surface area contributed by atoms with Gasteiger partial charge in [-0.2, -0.15) is 0 Å². The Morgan fingerprint density at radius 3 is 2.19 bits per heavy atom. The molecule has 5 nitrogen and oxygen atoms in total. The van der Waals surface area contributed by atoms with Gasteiger partial charge in [-0.3, -0.25) is 4.79 Å². The lowest BCUT2D eigenvalue weighted by Gasteiger charge is -2.39. The molecule has 3 rings (SSSR count). The van der Waals surface area contributed by atoms with E-state index in [0.29, 0.717) is 16.3 Å². The second-order valence-corrected chi connectivity index (χ2v) is 9.24. The smallest absolute Gasteiger partial charge is 0.311 e. The second-order valence-electron chi connectivity index (χ2n) is 6.82. The number of esters is 1. The summed E-state index contributed by atoms with van der Waals surface area (Å²) in [4.78, 5) is 12.3. The van der Waals surface area contributed by atoms with Crippen LogP contribution >= 0.6 is 11.6 Å². The largest absolute Gasteiger partial charge is 0.476 e. The molecule has 0 N–H and O–H groups in total. The van der Waals surface area contributed by atoms with Gasteiger partial charge in [0.05, 0.1) is 16.3 Å². The van der Waals surface area contributed by atoms with Crippen LogP contribution in [0.2, 0.25) is 5.02 Å². The van der Waals surface area contributed by atoms with Crippen molar-refractivity contribution in [3.8, 4) is 5.75 Å². The third kappa shape index (κ3) is 3.19. The minimum Gasteiger partial charge on any atom is -0.476 e. The van der Waals surface area contributed by atoms with Crippen LogP contribution in [0.1, 0.15) is 25.8 Å². The summed E-state index contributed by atoms with van der Waals surface area (Å²) in [5, 5.41) is 0.412. The lowest BCUT2D eigenvalue weighted by molar-refractivity contribution is -0.150. The van der Waals surface area contributed by atoms with Crippen molar-refractivity contribution < 1.29 is 22.7 Å². The molecule has 0 aromatic heterocycles. The molecular formula is C19H19ClO5S. The fourth-order valence-corrected chi connectivity index (χ4v) is 3.98. The third-order valence-corrected chi connectivity index (χ3v) is 6.05. The maximum Gasteiger partial charge on any atom is 0.311 e. The van der Waals surface area contributed by atoms with Crippen LogP contribution in [0.25, 0.3) is 0 Å². The van der Waals surface area contributed by atoms with Crippen molar-refractivity contribution in [1.82, 2.24) is 0 Å². The molecule has 0 saturated carbocycles. The summed E-state index contributed by atoms with van der Waals surface area (Å²) in [7, 11) is -3.33. The molecule has 2 aromatic rings. The summed E-state index contributed by atoms with van der Waals surface area (Å²) in [5.41, 5.74) is -1.47. The summed E-state index contributed by atoms with van der Waals surface area (Å²) in [6.07, 6.45) is 1.13. The summed E-state index contributed by atoms with van der Waals surface area (Å²) in [5.74, 6) is 0.0296. The Kier molecular flexibility index (Phi) is 4.53. The van der Waals surface area contributed by atoms with Gasteiger partial charge in [0.25, 0.3) is 0 Å². The predicted molar refractivity (Wildman–Crippen MR) is 98.1 cm³/mol. The van der Waals surface area contributed by atoms with E-state index < -0.39 is 27.0 Å². The zero-order chi connectivity index (χ0) is 19.2.